The average Bonchev–Trinajstić information content (AvgIpc) is 2.40. The molecule has 0 heterocycles. The lowest BCUT2D eigenvalue weighted by atomic mass is 10.5. The lowest BCUT2D eigenvalue weighted by Gasteiger charge is -1.95. The van der Waals surface area contributed by atoms with E-state index in [2.05, 4.69) is 0 Å². The molecule has 0 N–H and O–H groups in total. The fraction of sp³-hybridized carbons (Fsp3) is 0.750. The van der Waals surface area contributed by atoms with E-state index in [4.69, 9.17) is 15.9 Å². The molecule has 0 spiro atoms. The van der Waals surface area contributed by atoms with Gasteiger partial charge in [-0.1, -0.05) is 0 Å². The lowest BCUT2D eigenvalue weighted by molar-refractivity contribution is 0.602. The van der Waals surface area contributed by atoms with Crippen LogP contribution in [-0.4, -0.2) is 13.2 Å². The summed E-state index contributed by atoms with van der Waals surface area (Å²) in [7, 11) is 1.31. The van der Waals surface area contributed by atoms with Crippen LogP contribution in [0, 0.1) is 11.3 Å². The maximum absolute atomic E-state index is 10.5. The first kappa shape index (κ1) is 6.84. The van der Waals surface area contributed by atoms with Crippen LogP contribution in [0.25, 0.3) is 0 Å². The standard InChI is InChI=1S/C4H4ClNO2S/c5-9(7,8)4(3-6)1-2-4/h1-2H2. The van der Waals surface area contributed by atoms with Gasteiger partial charge in [-0.15, -0.1) is 0 Å². The van der Waals surface area contributed by atoms with Crippen LogP contribution in [0.1, 0.15) is 12.8 Å². The van der Waals surface area contributed by atoms with Gasteiger partial charge in [0.05, 0.1) is 6.07 Å². The number of hydrogen-bond donors (Lipinski definition) is 0. The molecule has 0 saturated heterocycles. The lowest BCUT2D eigenvalue weighted by Crippen LogP contribution is -2.13. The Balaban J connectivity index is 3.02. The van der Waals surface area contributed by atoms with Crippen molar-refractivity contribution in [3.05, 3.63) is 0 Å². The number of nitriles is 1. The summed E-state index contributed by atoms with van der Waals surface area (Å²) in [5.74, 6) is 0. The van der Waals surface area contributed by atoms with E-state index in [-0.39, 0.29) is 0 Å². The first-order valence-electron chi connectivity index (χ1n) is 2.37. The van der Waals surface area contributed by atoms with Gasteiger partial charge >= 0.3 is 0 Å². The second kappa shape index (κ2) is 1.61. The molecule has 0 aliphatic heterocycles. The zero-order valence-electron chi connectivity index (χ0n) is 4.46. The molecule has 0 aromatic rings. The Bertz CT molecular complexity index is 259. The molecule has 3 nitrogen and oxygen atoms in total. The highest BCUT2D eigenvalue weighted by atomic mass is 35.7. The average molecular weight is 166 g/mol. The predicted molar refractivity (Wildman–Crippen MR) is 32.4 cm³/mol. The molecule has 1 aliphatic rings. The van der Waals surface area contributed by atoms with Crippen molar-refractivity contribution in [1.29, 1.82) is 5.26 Å². The van der Waals surface area contributed by atoms with Crippen molar-refractivity contribution in [1.82, 2.24) is 0 Å². The monoisotopic (exact) mass is 165 g/mol. The molecular weight excluding hydrogens is 162 g/mol. The van der Waals surface area contributed by atoms with E-state index in [1.807, 2.05) is 0 Å². The molecule has 0 aromatic heterocycles. The Morgan fingerprint density at radius 3 is 2.00 bits per heavy atom. The molecule has 0 unspecified atom stereocenters. The minimum absolute atomic E-state index is 0.384. The van der Waals surface area contributed by atoms with Crippen molar-refractivity contribution >= 4 is 19.7 Å². The highest BCUT2D eigenvalue weighted by Gasteiger charge is 2.54. The third-order valence-electron chi connectivity index (χ3n) is 1.37. The van der Waals surface area contributed by atoms with Gasteiger partial charge in [-0.05, 0) is 12.8 Å². The van der Waals surface area contributed by atoms with Crippen LogP contribution >= 0.6 is 10.7 Å². The predicted octanol–water partition coefficient (Wildman–Crippen LogP) is 0.611. The van der Waals surface area contributed by atoms with E-state index in [0.29, 0.717) is 12.8 Å². The normalized spacial score (nSPS) is 22.7. The Morgan fingerprint density at radius 1 is 1.56 bits per heavy atom. The van der Waals surface area contributed by atoms with Gasteiger partial charge in [0.2, 0.25) is 0 Å². The largest absolute Gasteiger partial charge is 0.251 e. The molecule has 1 rings (SSSR count). The summed E-state index contributed by atoms with van der Waals surface area (Å²) in [6.45, 7) is 0. The van der Waals surface area contributed by atoms with Crippen molar-refractivity contribution in [2.24, 2.45) is 0 Å². The molecule has 9 heavy (non-hydrogen) atoms. The molecule has 0 bridgehead atoms. The van der Waals surface area contributed by atoms with Gasteiger partial charge in [0.15, 0.2) is 4.75 Å². The van der Waals surface area contributed by atoms with Crippen LogP contribution in [0.5, 0.6) is 0 Å². The number of rotatable bonds is 1. The Hall–Kier alpha value is -0.270. The molecule has 1 aliphatic carbocycles. The van der Waals surface area contributed by atoms with Gasteiger partial charge in [-0.25, -0.2) is 8.42 Å². The fourth-order valence-electron chi connectivity index (χ4n) is 0.524. The van der Waals surface area contributed by atoms with E-state index in [1.54, 1.807) is 6.07 Å². The van der Waals surface area contributed by atoms with Gasteiger partial charge in [-0.3, -0.25) is 0 Å². The fourth-order valence-corrected chi connectivity index (χ4v) is 1.79. The van der Waals surface area contributed by atoms with Crippen LogP contribution in [0.15, 0.2) is 0 Å². The van der Waals surface area contributed by atoms with Gasteiger partial charge in [0.1, 0.15) is 0 Å². The highest BCUT2D eigenvalue weighted by Crippen LogP contribution is 2.44. The number of halogens is 1. The maximum Gasteiger partial charge on any atom is 0.251 e. The summed E-state index contributed by atoms with van der Waals surface area (Å²) >= 11 is 0. The van der Waals surface area contributed by atoms with Gasteiger partial charge in [0, 0.05) is 10.7 Å². The molecule has 0 amide bonds. The first-order valence-corrected chi connectivity index (χ1v) is 4.68. The summed E-state index contributed by atoms with van der Waals surface area (Å²) in [5.41, 5.74) is 0. The summed E-state index contributed by atoms with van der Waals surface area (Å²) in [6.07, 6.45) is 0.769. The zero-order valence-corrected chi connectivity index (χ0v) is 6.04. The molecular formula is C4H4ClNO2S. The smallest absolute Gasteiger partial charge is 0.211 e. The summed E-state index contributed by atoms with van der Waals surface area (Å²) in [6, 6.07) is 1.67. The van der Waals surface area contributed by atoms with Crippen LogP contribution in [0.3, 0.4) is 0 Å². The van der Waals surface area contributed by atoms with E-state index in [9.17, 15) is 8.42 Å². The van der Waals surface area contributed by atoms with Crippen LogP contribution < -0.4 is 0 Å². The van der Waals surface area contributed by atoms with Crippen LogP contribution in [0.4, 0.5) is 0 Å². The molecule has 1 saturated carbocycles. The van der Waals surface area contributed by atoms with Crippen molar-refractivity contribution < 1.29 is 8.42 Å². The molecule has 50 valence electrons. The maximum atomic E-state index is 10.5. The minimum atomic E-state index is -3.63. The van der Waals surface area contributed by atoms with Gasteiger partial charge in [0.25, 0.3) is 9.05 Å². The third kappa shape index (κ3) is 0.907. The first-order chi connectivity index (χ1) is 4.02. The topological polar surface area (TPSA) is 57.9 Å². The van der Waals surface area contributed by atoms with Crippen molar-refractivity contribution in [2.45, 2.75) is 17.6 Å². The number of hydrogen-bond acceptors (Lipinski definition) is 3. The molecule has 5 heteroatoms. The van der Waals surface area contributed by atoms with Crippen LogP contribution in [0.2, 0.25) is 0 Å². The summed E-state index contributed by atoms with van der Waals surface area (Å²) in [4.78, 5) is 0. The van der Waals surface area contributed by atoms with Crippen molar-refractivity contribution in [3.8, 4) is 6.07 Å². The molecule has 0 atom stereocenters. The quantitative estimate of drug-likeness (QED) is 0.535. The molecule has 0 radical (unpaired) electrons. The molecule has 1 fully saturated rings. The minimum Gasteiger partial charge on any atom is -0.211 e. The molecule has 0 aromatic carbocycles. The van der Waals surface area contributed by atoms with E-state index in [1.165, 1.54) is 0 Å². The second-order valence-corrected chi connectivity index (χ2v) is 4.92. The Kier molecular flexibility index (Phi) is 1.23. The summed E-state index contributed by atoms with van der Waals surface area (Å²) < 4.78 is 19.8. The van der Waals surface area contributed by atoms with E-state index >= 15 is 0 Å². The number of nitrogens with zero attached hydrogens (tertiary/aromatic N) is 1. The van der Waals surface area contributed by atoms with E-state index in [0.717, 1.165) is 0 Å². The SMILES string of the molecule is N#CC1(S(=O)(=O)Cl)CC1. The van der Waals surface area contributed by atoms with Gasteiger partial charge < -0.3 is 0 Å². The van der Waals surface area contributed by atoms with Crippen molar-refractivity contribution in [3.63, 3.8) is 0 Å². The second-order valence-electron chi connectivity index (χ2n) is 2.04. The van der Waals surface area contributed by atoms with Crippen LogP contribution in [-0.2, 0) is 9.05 Å². The highest BCUT2D eigenvalue weighted by molar-refractivity contribution is 8.15. The Morgan fingerprint density at radius 2 is 2.00 bits per heavy atom. The van der Waals surface area contributed by atoms with Crippen molar-refractivity contribution in [2.75, 3.05) is 0 Å². The third-order valence-corrected chi connectivity index (χ3v) is 3.69. The zero-order chi connectivity index (χ0) is 7.12. The Labute approximate surface area is 57.7 Å². The van der Waals surface area contributed by atoms with Gasteiger partial charge in [-0.2, -0.15) is 5.26 Å². The summed E-state index contributed by atoms with van der Waals surface area (Å²) in [5, 5.41) is 8.28. The van der Waals surface area contributed by atoms with E-state index < -0.39 is 13.8 Å².